The summed E-state index contributed by atoms with van der Waals surface area (Å²) in [5.41, 5.74) is 0.283. The topological polar surface area (TPSA) is 83.5 Å². The SMILES string of the molecule is O=C(O)c1c(Cl)cccc1NS(=O)(=O)Cc1ccccc1. The zero-order valence-corrected chi connectivity index (χ0v) is 12.4. The van der Waals surface area contributed by atoms with Crippen LogP contribution >= 0.6 is 11.6 Å². The Balaban J connectivity index is 2.29. The summed E-state index contributed by atoms with van der Waals surface area (Å²) in [6, 6.07) is 12.8. The van der Waals surface area contributed by atoms with Gasteiger partial charge in [-0.2, -0.15) is 0 Å². The van der Waals surface area contributed by atoms with Gasteiger partial charge < -0.3 is 5.11 Å². The number of hydrogen-bond acceptors (Lipinski definition) is 3. The van der Waals surface area contributed by atoms with Crippen molar-refractivity contribution in [2.45, 2.75) is 5.75 Å². The van der Waals surface area contributed by atoms with Gasteiger partial charge in [-0.25, -0.2) is 13.2 Å². The molecule has 0 aliphatic carbocycles. The van der Waals surface area contributed by atoms with E-state index in [1.807, 2.05) is 0 Å². The molecule has 2 aromatic rings. The summed E-state index contributed by atoms with van der Waals surface area (Å²) in [6.45, 7) is 0. The van der Waals surface area contributed by atoms with Crippen LogP contribution in [0, 0.1) is 0 Å². The third kappa shape index (κ3) is 3.96. The van der Waals surface area contributed by atoms with Gasteiger partial charge in [0.2, 0.25) is 10.0 Å². The van der Waals surface area contributed by atoms with Crippen molar-refractivity contribution in [1.82, 2.24) is 0 Å². The molecule has 0 fully saturated rings. The number of nitrogens with one attached hydrogen (secondary N) is 1. The lowest BCUT2D eigenvalue weighted by molar-refractivity contribution is 0.0698. The van der Waals surface area contributed by atoms with Gasteiger partial charge in [0.25, 0.3) is 0 Å². The smallest absolute Gasteiger partial charge is 0.339 e. The van der Waals surface area contributed by atoms with E-state index in [0.717, 1.165) is 0 Å². The van der Waals surface area contributed by atoms with E-state index in [1.54, 1.807) is 30.3 Å². The Morgan fingerprint density at radius 1 is 1.10 bits per heavy atom. The Morgan fingerprint density at radius 2 is 1.76 bits per heavy atom. The van der Waals surface area contributed by atoms with Gasteiger partial charge >= 0.3 is 5.97 Å². The summed E-state index contributed by atoms with van der Waals surface area (Å²) in [6.07, 6.45) is 0. The number of carboxylic acid groups (broad SMARTS) is 1. The van der Waals surface area contributed by atoms with Gasteiger partial charge in [0, 0.05) is 0 Å². The van der Waals surface area contributed by atoms with Crippen LogP contribution in [0.1, 0.15) is 15.9 Å². The van der Waals surface area contributed by atoms with Crippen molar-refractivity contribution in [3.63, 3.8) is 0 Å². The fourth-order valence-electron chi connectivity index (χ4n) is 1.82. The first-order valence-electron chi connectivity index (χ1n) is 5.95. The molecule has 0 saturated heterocycles. The summed E-state index contributed by atoms with van der Waals surface area (Å²) in [4.78, 5) is 11.2. The largest absolute Gasteiger partial charge is 0.478 e. The monoisotopic (exact) mass is 325 g/mol. The zero-order valence-electron chi connectivity index (χ0n) is 10.8. The van der Waals surface area contributed by atoms with Crippen LogP contribution in [0.5, 0.6) is 0 Å². The molecule has 0 saturated carbocycles. The van der Waals surface area contributed by atoms with Crippen LogP contribution in [0.2, 0.25) is 5.02 Å². The molecule has 7 heteroatoms. The van der Waals surface area contributed by atoms with Crippen molar-refractivity contribution >= 4 is 33.3 Å². The molecular formula is C14H12ClNO4S. The summed E-state index contributed by atoms with van der Waals surface area (Å²) < 4.78 is 26.5. The van der Waals surface area contributed by atoms with E-state index < -0.39 is 16.0 Å². The van der Waals surface area contributed by atoms with Crippen molar-refractivity contribution < 1.29 is 18.3 Å². The Bertz CT molecular complexity index is 760. The minimum atomic E-state index is -3.73. The van der Waals surface area contributed by atoms with Crippen LogP contribution in [0.4, 0.5) is 5.69 Å². The lowest BCUT2D eigenvalue weighted by Gasteiger charge is -2.11. The number of sulfonamides is 1. The van der Waals surface area contributed by atoms with Gasteiger partial charge in [-0.15, -0.1) is 0 Å². The predicted octanol–water partition coefficient (Wildman–Crippen LogP) is 2.98. The van der Waals surface area contributed by atoms with Crippen molar-refractivity contribution in [3.8, 4) is 0 Å². The number of rotatable bonds is 5. The highest BCUT2D eigenvalue weighted by atomic mass is 35.5. The standard InChI is InChI=1S/C14H12ClNO4S/c15-11-7-4-8-12(13(11)14(17)18)16-21(19,20)9-10-5-2-1-3-6-10/h1-8,16H,9H2,(H,17,18). The van der Waals surface area contributed by atoms with E-state index in [0.29, 0.717) is 5.56 Å². The van der Waals surface area contributed by atoms with Gasteiger partial charge in [0.15, 0.2) is 0 Å². The third-order valence-corrected chi connectivity index (χ3v) is 4.25. The highest BCUT2D eigenvalue weighted by molar-refractivity contribution is 7.91. The maximum atomic E-state index is 12.1. The molecule has 110 valence electrons. The molecule has 0 heterocycles. The normalized spacial score (nSPS) is 11.1. The molecular weight excluding hydrogens is 314 g/mol. The first kappa shape index (κ1) is 15.3. The molecule has 21 heavy (non-hydrogen) atoms. The van der Waals surface area contributed by atoms with Crippen LogP contribution in [0.25, 0.3) is 0 Å². The molecule has 0 radical (unpaired) electrons. The Kier molecular flexibility index (Phi) is 4.50. The molecule has 2 aromatic carbocycles. The maximum Gasteiger partial charge on any atom is 0.339 e. The summed E-state index contributed by atoms with van der Waals surface area (Å²) in [5.74, 6) is -1.54. The molecule has 5 nitrogen and oxygen atoms in total. The fourth-order valence-corrected chi connectivity index (χ4v) is 3.29. The molecule has 0 aromatic heterocycles. The lowest BCUT2D eigenvalue weighted by atomic mass is 10.2. The second kappa shape index (κ2) is 6.15. The van der Waals surface area contributed by atoms with Crippen LogP contribution in [0.15, 0.2) is 48.5 Å². The highest BCUT2D eigenvalue weighted by Crippen LogP contribution is 2.25. The number of carboxylic acids is 1. The minimum absolute atomic E-state index is 0.0255. The number of hydrogen-bond donors (Lipinski definition) is 2. The maximum absolute atomic E-state index is 12.1. The van der Waals surface area contributed by atoms with Gasteiger partial charge in [-0.1, -0.05) is 48.0 Å². The van der Waals surface area contributed by atoms with Gasteiger partial charge in [-0.3, -0.25) is 4.72 Å². The first-order chi connectivity index (χ1) is 9.89. The molecule has 0 amide bonds. The van der Waals surface area contributed by atoms with E-state index in [2.05, 4.69) is 4.72 Å². The highest BCUT2D eigenvalue weighted by Gasteiger charge is 2.19. The Hall–Kier alpha value is -2.05. The van der Waals surface area contributed by atoms with E-state index >= 15 is 0 Å². The van der Waals surface area contributed by atoms with Crippen LogP contribution in [-0.4, -0.2) is 19.5 Å². The number of anilines is 1. The zero-order chi connectivity index (χ0) is 15.5. The first-order valence-corrected chi connectivity index (χ1v) is 7.98. The van der Waals surface area contributed by atoms with Crippen molar-refractivity contribution in [2.75, 3.05) is 4.72 Å². The molecule has 0 aliphatic rings. The van der Waals surface area contributed by atoms with Crippen LogP contribution in [0.3, 0.4) is 0 Å². The second-order valence-electron chi connectivity index (χ2n) is 4.31. The Morgan fingerprint density at radius 3 is 2.38 bits per heavy atom. The van der Waals surface area contributed by atoms with E-state index in [9.17, 15) is 13.2 Å². The van der Waals surface area contributed by atoms with E-state index in [1.165, 1.54) is 18.2 Å². The number of halogens is 1. The van der Waals surface area contributed by atoms with E-state index in [-0.39, 0.29) is 22.0 Å². The minimum Gasteiger partial charge on any atom is -0.478 e. The van der Waals surface area contributed by atoms with Crippen LogP contribution in [-0.2, 0) is 15.8 Å². The number of carbonyl (C=O) groups is 1. The summed E-state index contributed by atoms with van der Waals surface area (Å²) in [7, 11) is -3.73. The van der Waals surface area contributed by atoms with Gasteiger partial charge in [-0.05, 0) is 17.7 Å². The third-order valence-electron chi connectivity index (χ3n) is 2.69. The summed E-state index contributed by atoms with van der Waals surface area (Å²) in [5, 5.41) is 9.09. The molecule has 0 unspecified atom stereocenters. The quantitative estimate of drug-likeness (QED) is 0.885. The molecule has 2 N–H and O–H groups in total. The Labute approximate surface area is 127 Å². The van der Waals surface area contributed by atoms with Crippen LogP contribution < -0.4 is 4.72 Å². The number of aromatic carboxylic acids is 1. The molecule has 0 atom stereocenters. The second-order valence-corrected chi connectivity index (χ2v) is 6.44. The number of benzene rings is 2. The average molecular weight is 326 g/mol. The fraction of sp³-hybridized carbons (Fsp3) is 0.0714. The van der Waals surface area contributed by atoms with Gasteiger partial charge in [0.1, 0.15) is 5.56 Å². The molecule has 0 bridgehead atoms. The van der Waals surface area contributed by atoms with Crippen molar-refractivity contribution in [2.24, 2.45) is 0 Å². The average Bonchev–Trinajstić information content (AvgIpc) is 2.38. The molecule has 2 rings (SSSR count). The van der Waals surface area contributed by atoms with Crippen molar-refractivity contribution in [1.29, 1.82) is 0 Å². The lowest BCUT2D eigenvalue weighted by Crippen LogP contribution is -2.17. The van der Waals surface area contributed by atoms with E-state index in [4.69, 9.17) is 16.7 Å². The molecule has 0 aliphatic heterocycles. The van der Waals surface area contributed by atoms with Gasteiger partial charge in [0.05, 0.1) is 16.5 Å². The molecule has 0 spiro atoms. The van der Waals surface area contributed by atoms with Crippen molar-refractivity contribution in [3.05, 3.63) is 64.7 Å². The predicted molar refractivity (Wildman–Crippen MR) is 81.1 cm³/mol. The summed E-state index contributed by atoms with van der Waals surface area (Å²) >= 11 is 5.80.